The van der Waals surface area contributed by atoms with Crippen molar-refractivity contribution in [3.8, 4) is 0 Å². The van der Waals surface area contributed by atoms with Gasteiger partial charge in [0.25, 0.3) is 0 Å². The van der Waals surface area contributed by atoms with Gasteiger partial charge in [-0.25, -0.2) is 4.98 Å². The first-order valence-corrected chi connectivity index (χ1v) is 6.45. The highest BCUT2D eigenvalue weighted by molar-refractivity contribution is 6.29. The van der Waals surface area contributed by atoms with Gasteiger partial charge in [-0.1, -0.05) is 11.6 Å². The number of nitrogens with zero attached hydrogens (tertiary/aromatic N) is 2. The second-order valence-electron chi connectivity index (χ2n) is 5.39. The van der Waals surface area contributed by atoms with Gasteiger partial charge < -0.3 is 5.32 Å². The van der Waals surface area contributed by atoms with Crippen molar-refractivity contribution in [1.82, 2.24) is 9.97 Å². The van der Waals surface area contributed by atoms with Gasteiger partial charge in [-0.3, -0.25) is 4.98 Å². The largest absolute Gasteiger partial charge is 0.365 e. The third kappa shape index (κ3) is 1.21. The SMILES string of the molecule is Clc1cncc(NC2C3C4CCC(C4)C23)n1. The predicted molar refractivity (Wildman–Crippen MR) is 62.3 cm³/mol. The predicted octanol–water partition coefficient (Wildman–Crippen LogP) is 2.59. The summed E-state index contributed by atoms with van der Waals surface area (Å²) in [5.74, 6) is 4.64. The molecule has 3 aliphatic rings. The third-order valence-corrected chi connectivity index (χ3v) is 4.84. The Balaban J connectivity index is 1.51. The average molecular weight is 236 g/mol. The molecule has 0 saturated heterocycles. The molecular formula is C12H14ClN3. The highest BCUT2D eigenvalue weighted by Gasteiger charge is 2.65. The van der Waals surface area contributed by atoms with Crippen LogP contribution in [0.25, 0.3) is 0 Å². The fourth-order valence-electron chi connectivity index (χ4n) is 4.10. The zero-order valence-corrected chi connectivity index (χ0v) is 9.69. The Labute approximate surface area is 99.6 Å². The summed E-state index contributed by atoms with van der Waals surface area (Å²) in [7, 11) is 0. The first-order valence-electron chi connectivity index (χ1n) is 6.07. The molecular weight excluding hydrogens is 222 g/mol. The number of fused-ring (bicyclic) bond motifs is 5. The van der Waals surface area contributed by atoms with Crippen LogP contribution in [0.15, 0.2) is 12.4 Å². The van der Waals surface area contributed by atoms with E-state index in [2.05, 4.69) is 15.3 Å². The molecule has 0 radical (unpaired) electrons. The molecule has 0 spiro atoms. The highest BCUT2D eigenvalue weighted by Crippen LogP contribution is 2.66. The summed E-state index contributed by atoms with van der Waals surface area (Å²) in [6.45, 7) is 0. The Morgan fingerprint density at radius 3 is 2.62 bits per heavy atom. The number of hydrogen-bond acceptors (Lipinski definition) is 3. The van der Waals surface area contributed by atoms with Crippen LogP contribution in [-0.4, -0.2) is 16.0 Å². The summed E-state index contributed by atoms with van der Waals surface area (Å²) in [6, 6.07) is 0.652. The van der Waals surface area contributed by atoms with Crippen LogP contribution in [0.5, 0.6) is 0 Å². The molecule has 0 aromatic carbocycles. The van der Waals surface area contributed by atoms with Gasteiger partial charge in [-0.2, -0.15) is 0 Å². The number of hydrogen-bond donors (Lipinski definition) is 1. The van der Waals surface area contributed by atoms with E-state index in [4.69, 9.17) is 11.6 Å². The molecule has 1 heterocycles. The molecule has 0 aliphatic heterocycles. The van der Waals surface area contributed by atoms with Crippen molar-refractivity contribution in [2.75, 3.05) is 5.32 Å². The molecule has 4 atom stereocenters. The summed E-state index contributed by atoms with van der Waals surface area (Å²) >= 11 is 5.83. The molecule has 4 unspecified atom stereocenters. The van der Waals surface area contributed by atoms with E-state index in [-0.39, 0.29) is 0 Å². The van der Waals surface area contributed by atoms with Crippen LogP contribution in [0.1, 0.15) is 19.3 Å². The molecule has 4 heteroatoms. The van der Waals surface area contributed by atoms with Crippen molar-refractivity contribution in [1.29, 1.82) is 0 Å². The van der Waals surface area contributed by atoms with Crippen molar-refractivity contribution in [2.45, 2.75) is 25.3 Å². The molecule has 16 heavy (non-hydrogen) atoms. The number of rotatable bonds is 2. The average Bonchev–Trinajstić information content (AvgIpc) is 2.70. The first kappa shape index (κ1) is 9.23. The van der Waals surface area contributed by atoms with Crippen LogP contribution >= 0.6 is 11.6 Å². The van der Waals surface area contributed by atoms with E-state index in [9.17, 15) is 0 Å². The monoisotopic (exact) mass is 235 g/mol. The Hall–Kier alpha value is -0.830. The van der Waals surface area contributed by atoms with E-state index in [1.807, 2.05) is 0 Å². The van der Waals surface area contributed by atoms with Gasteiger partial charge in [0.2, 0.25) is 0 Å². The van der Waals surface area contributed by atoms with E-state index >= 15 is 0 Å². The van der Waals surface area contributed by atoms with Crippen molar-refractivity contribution < 1.29 is 0 Å². The van der Waals surface area contributed by atoms with Gasteiger partial charge in [0.1, 0.15) is 11.0 Å². The summed E-state index contributed by atoms with van der Waals surface area (Å²) in [5.41, 5.74) is 0. The highest BCUT2D eigenvalue weighted by atomic mass is 35.5. The zero-order valence-electron chi connectivity index (χ0n) is 8.94. The third-order valence-electron chi connectivity index (χ3n) is 4.66. The lowest BCUT2D eigenvalue weighted by Crippen LogP contribution is -2.13. The maximum atomic E-state index is 5.83. The van der Waals surface area contributed by atoms with Crippen LogP contribution < -0.4 is 5.32 Å². The number of halogens is 1. The first-order chi connectivity index (χ1) is 7.83. The van der Waals surface area contributed by atoms with Crippen molar-refractivity contribution >= 4 is 17.4 Å². The molecule has 3 aliphatic carbocycles. The maximum absolute atomic E-state index is 5.83. The van der Waals surface area contributed by atoms with Crippen LogP contribution in [-0.2, 0) is 0 Å². The van der Waals surface area contributed by atoms with E-state index in [0.717, 1.165) is 29.5 Å². The van der Waals surface area contributed by atoms with E-state index in [1.54, 1.807) is 12.4 Å². The van der Waals surface area contributed by atoms with Crippen LogP contribution in [0, 0.1) is 23.7 Å². The molecule has 3 nitrogen and oxygen atoms in total. The molecule has 1 aromatic rings. The quantitative estimate of drug-likeness (QED) is 0.856. The van der Waals surface area contributed by atoms with Gasteiger partial charge >= 0.3 is 0 Å². The van der Waals surface area contributed by atoms with Crippen molar-refractivity contribution in [3.63, 3.8) is 0 Å². The fraction of sp³-hybridized carbons (Fsp3) is 0.667. The standard InChI is InChI=1S/C12H14ClN3/c13-8-4-14-5-9(15-8)16-12-10-6-1-2-7(3-6)11(10)12/h4-7,10-12H,1-3H2,(H,15,16). The number of anilines is 1. The van der Waals surface area contributed by atoms with Gasteiger partial charge in [-0.05, 0) is 42.9 Å². The summed E-state index contributed by atoms with van der Waals surface area (Å²) in [6.07, 6.45) is 7.72. The fourth-order valence-corrected chi connectivity index (χ4v) is 4.25. The minimum atomic E-state index is 0.471. The second kappa shape index (κ2) is 3.10. The minimum absolute atomic E-state index is 0.471. The Morgan fingerprint density at radius 1 is 1.19 bits per heavy atom. The van der Waals surface area contributed by atoms with Gasteiger partial charge in [-0.15, -0.1) is 0 Å². The molecule has 3 saturated carbocycles. The van der Waals surface area contributed by atoms with Crippen LogP contribution in [0.4, 0.5) is 5.82 Å². The van der Waals surface area contributed by atoms with Crippen molar-refractivity contribution in [3.05, 3.63) is 17.5 Å². The lowest BCUT2D eigenvalue weighted by molar-refractivity contribution is 0.456. The lowest BCUT2D eigenvalue weighted by Gasteiger charge is -2.10. The normalized spacial score (nSPS) is 43.2. The lowest BCUT2D eigenvalue weighted by atomic mass is 10.0. The minimum Gasteiger partial charge on any atom is -0.365 e. The maximum Gasteiger partial charge on any atom is 0.149 e. The molecule has 0 amide bonds. The van der Waals surface area contributed by atoms with E-state index in [0.29, 0.717) is 11.2 Å². The van der Waals surface area contributed by atoms with Crippen LogP contribution in [0.2, 0.25) is 5.15 Å². The Bertz CT molecular complexity index is 420. The molecule has 4 rings (SSSR count). The summed E-state index contributed by atoms with van der Waals surface area (Å²) in [5, 5.41) is 3.97. The zero-order chi connectivity index (χ0) is 10.7. The second-order valence-corrected chi connectivity index (χ2v) is 5.77. The molecule has 3 fully saturated rings. The van der Waals surface area contributed by atoms with Crippen LogP contribution in [0.3, 0.4) is 0 Å². The summed E-state index contributed by atoms with van der Waals surface area (Å²) in [4.78, 5) is 8.30. The van der Waals surface area contributed by atoms with E-state index < -0.39 is 0 Å². The molecule has 84 valence electrons. The van der Waals surface area contributed by atoms with Gasteiger partial charge in [0, 0.05) is 6.04 Å². The van der Waals surface area contributed by atoms with E-state index in [1.165, 1.54) is 19.3 Å². The molecule has 2 bridgehead atoms. The summed E-state index contributed by atoms with van der Waals surface area (Å²) < 4.78 is 0. The number of nitrogens with one attached hydrogen (secondary N) is 1. The van der Waals surface area contributed by atoms with Crippen molar-refractivity contribution in [2.24, 2.45) is 23.7 Å². The number of aromatic nitrogens is 2. The smallest absolute Gasteiger partial charge is 0.149 e. The Morgan fingerprint density at radius 2 is 1.94 bits per heavy atom. The molecule has 1 aromatic heterocycles. The Kier molecular flexibility index (Phi) is 1.79. The van der Waals surface area contributed by atoms with Gasteiger partial charge in [0.15, 0.2) is 0 Å². The topological polar surface area (TPSA) is 37.8 Å². The van der Waals surface area contributed by atoms with Gasteiger partial charge in [0.05, 0.1) is 12.4 Å². The molecule has 1 N–H and O–H groups in total.